The van der Waals surface area contributed by atoms with E-state index < -0.39 is 0 Å². The SMILES string of the molecule is Cc1cccc(C)c1N(C)CCCC(C)C. The second-order valence-corrected chi connectivity index (χ2v) is 5.20. The van der Waals surface area contributed by atoms with Crippen LogP contribution in [-0.2, 0) is 0 Å². The molecule has 1 nitrogen and oxygen atoms in total. The fraction of sp³-hybridized carbons (Fsp3) is 0.600. The minimum absolute atomic E-state index is 0.811. The number of nitrogens with zero attached hydrogens (tertiary/aromatic N) is 1. The largest absolute Gasteiger partial charge is 0.374 e. The van der Waals surface area contributed by atoms with Gasteiger partial charge in [0.25, 0.3) is 0 Å². The molecule has 1 rings (SSSR count). The normalized spacial score (nSPS) is 10.9. The summed E-state index contributed by atoms with van der Waals surface area (Å²) < 4.78 is 0. The lowest BCUT2D eigenvalue weighted by Gasteiger charge is -2.24. The number of hydrogen-bond acceptors (Lipinski definition) is 1. The van der Waals surface area contributed by atoms with Crippen LogP contribution in [0.3, 0.4) is 0 Å². The number of para-hydroxylation sites is 1. The van der Waals surface area contributed by atoms with Crippen molar-refractivity contribution in [1.82, 2.24) is 0 Å². The molecule has 0 saturated heterocycles. The van der Waals surface area contributed by atoms with Gasteiger partial charge in [0.15, 0.2) is 0 Å². The molecular formula is C15H25N. The molecule has 0 aliphatic carbocycles. The van der Waals surface area contributed by atoms with Gasteiger partial charge in [-0.2, -0.15) is 0 Å². The van der Waals surface area contributed by atoms with Gasteiger partial charge < -0.3 is 4.90 Å². The fourth-order valence-corrected chi connectivity index (χ4v) is 2.26. The highest BCUT2D eigenvalue weighted by molar-refractivity contribution is 5.58. The first-order valence-corrected chi connectivity index (χ1v) is 6.29. The molecule has 16 heavy (non-hydrogen) atoms. The Morgan fingerprint density at radius 1 is 1.12 bits per heavy atom. The highest BCUT2D eigenvalue weighted by atomic mass is 15.1. The maximum Gasteiger partial charge on any atom is 0.0423 e. The van der Waals surface area contributed by atoms with Gasteiger partial charge in [-0.3, -0.25) is 0 Å². The molecule has 1 aromatic rings. The van der Waals surface area contributed by atoms with Crippen LogP contribution in [0.25, 0.3) is 0 Å². The first-order chi connectivity index (χ1) is 7.52. The Labute approximate surface area is 100 Å². The van der Waals surface area contributed by atoms with Crippen LogP contribution in [0, 0.1) is 19.8 Å². The van der Waals surface area contributed by atoms with Crippen molar-refractivity contribution in [3.8, 4) is 0 Å². The van der Waals surface area contributed by atoms with Gasteiger partial charge in [0.1, 0.15) is 0 Å². The van der Waals surface area contributed by atoms with E-state index in [0.717, 1.165) is 12.5 Å². The maximum atomic E-state index is 2.40. The van der Waals surface area contributed by atoms with Crippen LogP contribution >= 0.6 is 0 Å². The third-order valence-corrected chi connectivity index (χ3v) is 3.10. The van der Waals surface area contributed by atoms with Crippen molar-refractivity contribution < 1.29 is 0 Å². The topological polar surface area (TPSA) is 3.24 Å². The Morgan fingerprint density at radius 3 is 2.19 bits per heavy atom. The van der Waals surface area contributed by atoms with Crippen molar-refractivity contribution in [1.29, 1.82) is 0 Å². The first kappa shape index (κ1) is 13.1. The van der Waals surface area contributed by atoms with Crippen LogP contribution in [0.1, 0.15) is 37.8 Å². The number of benzene rings is 1. The lowest BCUT2D eigenvalue weighted by Crippen LogP contribution is -2.20. The van der Waals surface area contributed by atoms with E-state index in [2.05, 4.69) is 57.8 Å². The highest BCUT2D eigenvalue weighted by Gasteiger charge is 2.07. The van der Waals surface area contributed by atoms with Gasteiger partial charge in [0.05, 0.1) is 0 Å². The van der Waals surface area contributed by atoms with Crippen LogP contribution in [0.2, 0.25) is 0 Å². The van der Waals surface area contributed by atoms with Crippen molar-refractivity contribution in [3.63, 3.8) is 0 Å². The zero-order valence-electron chi connectivity index (χ0n) is 11.4. The summed E-state index contributed by atoms with van der Waals surface area (Å²) in [5.74, 6) is 0.811. The van der Waals surface area contributed by atoms with Gasteiger partial charge in [0, 0.05) is 19.3 Å². The fourth-order valence-electron chi connectivity index (χ4n) is 2.26. The van der Waals surface area contributed by atoms with E-state index in [0.29, 0.717) is 0 Å². The summed E-state index contributed by atoms with van der Waals surface area (Å²) in [7, 11) is 2.20. The van der Waals surface area contributed by atoms with Gasteiger partial charge in [-0.15, -0.1) is 0 Å². The van der Waals surface area contributed by atoms with Gasteiger partial charge in [-0.1, -0.05) is 32.0 Å². The number of rotatable bonds is 5. The number of anilines is 1. The van der Waals surface area contributed by atoms with Crippen LogP contribution in [0.4, 0.5) is 5.69 Å². The molecule has 1 heteroatoms. The summed E-state index contributed by atoms with van der Waals surface area (Å²) >= 11 is 0. The molecular weight excluding hydrogens is 194 g/mol. The van der Waals surface area contributed by atoms with Gasteiger partial charge >= 0.3 is 0 Å². The van der Waals surface area contributed by atoms with Crippen LogP contribution in [0.15, 0.2) is 18.2 Å². The van der Waals surface area contributed by atoms with Gasteiger partial charge in [0.2, 0.25) is 0 Å². The third-order valence-electron chi connectivity index (χ3n) is 3.10. The van der Waals surface area contributed by atoms with Crippen molar-refractivity contribution in [2.24, 2.45) is 5.92 Å². The summed E-state index contributed by atoms with van der Waals surface area (Å²) in [6.07, 6.45) is 2.59. The molecule has 0 spiro atoms. The predicted octanol–water partition coefficient (Wildman–Crippen LogP) is 4.18. The van der Waals surface area contributed by atoms with Crippen LogP contribution in [-0.4, -0.2) is 13.6 Å². The lowest BCUT2D eigenvalue weighted by atomic mass is 10.1. The Kier molecular flexibility index (Phi) is 4.85. The second kappa shape index (κ2) is 5.93. The molecule has 90 valence electrons. The van der Waals surface area contributed by atoms with E-state index in [4.69, 9.17) is 0 Å². The van der Waals surface area contributed by atoms with E-state index in [-0.39, 0.29) is 0 Å². The van der Waals surface area contributed by atoms with E-state index in [1.807, 2.05) is 0 Å². The number of hydrogen-bond donors (Lipinski definition) is 0. The molecule has 0 saturated carbocycles. The quantitative estimate of drug-likeness (QED) is 0.718. The molecule has 0 fully saturated rings. The van der Waals surface area contributed by atoms with Crippen molar-refractivity contribution in [3.05, 3.63) is 29.3 Å². The molecule has 0 heterocycles. The molecule has 0 N–H and O–H groups in total. The van der Waals surface area contributed by atoms with Gasteiger partial charge in [-0.05, 0) is 43.7 Å². The molecule has 0 atom stereocenters. The van der Waals surface area contributed by atoms with Crippen molar-refractivity contribution in [2.75, 3.05) is 18.5 Å². The average molecular weight is 219 g/mol. The minimum Gasteiger partial charge on any atom is -0.374 e. The molecule has 0 unspecified atom stereocenters. The summed E-state index contributed by atoms with van der Waals surface area (Å²) in [4.78, 5) is 2.40. The van der Waals surface area contributed by atoms with E-state index in [1.54, 1.807) is 0 Å². The third kappa shape index (κ3) is 3.55. The van der Waals surface area contributed by atoms with E-state index >= 15 is 0 Å². The molecule has 0 bridgehead atoms. The Bertz CT molecular complexity index is 308. The summed E-state index contributed by atoms with van der Waals surface area (Å²) in [6.45, 7) is 10.1. The van der Waals surface area contributed by atoms with E-state index in [9.17, 15) is 0 Å². The first-order valence-electron chi connectivity index (χ1n) is 6.29. The Balaban J connectivity index is 2.62. The predicted molar refractivity (Wildman–Crippen MR) is 73.3 cm³/mol. The Hall–Kier alpha value is -0.980. The Morgan fingerprint density at radius 2 is 1.69 bits per heavy atom. The number of aryl methyl sites for hydroxylation is 2. The standard InChI is InChI=1S/C15H25N/c1-12(2)8-7-11-16(5)15-13(3)9-6-10-14(15)4/h6,9-10,12H,7-8,11H2,1-5H3. The monoisotopic (exact) mass is 219 g/mol. The van der Waals surface area contributed by atoms with Crippen LogP contribution < -0.4 is 4.90 Å². The van der Waals surface area contributed by atoms with Crippen molar-refractivity contribution in [2.45, 2.75) is 40.5 Å². The zero-order chi connectivity index (χ0) is 12.1. The minimum atomic E-state index is 0.811. The smallest absolute Gasteiger partial charge is 0.0423 e. The summed E-state index contributed by atoms with van der Waals surface area (Å²) in [5.41, 5.74) is 4.17. The van der Waals surface area contributed by atoms with Crippen molar-refractivity contribution >= 4 is 5.69 Å². The zero-order valence-corrected chi connectivity index (χ0v) is 11.4. The molecule has 0 aliphatic heterocycles. The average Bonchev–Trinajstić information content (AvgIpc) is 2.16. The molecule has 0 amide bonds. The summed E-state index contributed by atoms with van der Waals surface area (Å²) in [6, 6.07) is 6.53. The van der Waals surface area contributed by atoms with E-state index in [1.165, 1.54) is 29.7 Å². The highest BCUT2D eigenvalue weighted by Crippen LogP contribution is 2.23. The summed E-state index contributed by atoms with van der Waals surface area (Å²) in [5, 5.41) is 0. The molecule has 0 aromatic heterocycles. The molecule has 1 aromatic carbocycles. The van der Waals surface area contributed by atoms with Gasteiger partial charge in [-0.25, -0.2) is 0 Å². The molecule has 0 aliphatic rings. The maximum absolute atomic E-state index is 2.40. The lowest BCUT2D eigenvalue weighted by molar-refractivity contribution is 0.555. The second-order valence-electron chi connectivity index (χ2n) is 5.20. The van der Waals surface area contributed by atoms with Crippen LogP contribution in [0.5, 0.6) is 0 Å². The molecule has 0 radical (unpaired) electrons.